The van der Waals surface area contributed by atoms with Gasteiger partial charge in [0.2, 0.25) is 21.8 Å². The fraction of sp³-hybridized carbons (Fsp3) is 0.529. The number of benzene rings is 1. The standard InChI is InChI=1S/C17H25N3O4S/c1-13-6-7-15(25(23,24)20-10-4-3-5-11-20)12-16(13)19-17(22)8-9-18-14(2)21/h6-7,12H,3-5,8-11H2,1-2H3,(H,18,21)(H,19,22). The molecule has 8 heteroatoms. The third-order valence-electron chi connectivity index (χ3n) is 4.16. The van der Waals surface area contributed by atoms with Crippen molar-refractivity contribution in [1.82, 2.24) is 9.62 Å². The molecule has 0 unspecified atom stereocenters. The van der Waals surface area contributed by atoms with Gasteiger partial charge >= 0.3 is 0 Å². The number of rotatable bonds is 6. The maximum absolute atomic E-state index is 12.7. The van der Waals surface area contributed by atoms with Gasteiger partial charge in [0.1, 0.15) is 0 Å². The molecule has 2 N–H and O–H groups in total. The second-order valence-corrected chi connectivity index (χ2v) is 8.16. The summed E-state index contributed by atoms with van der Waals surface area (Å²) in [6, 6.07) is 4.78. The second kappa shape index (κ2) is 8.44. The molecular formula is C17H25N3O4S. The molecule has 0 saturated carbocycles. The number of aryl methyl sites for hydroxylation is 1. The summed E-state index contributed by atoms with van der Waals surface area (Å²) in [5.74, 6) is -0.469. The maximum Gasteiger partial charge on any atom is 0.243 e. The Morgan fingerprint density at radius 2 is 1.84 bits per heavy atom. The smallest absolute Gasteiger partial charge is 0.243 e. The zero-order valence-electron chi connectivity index (χ0n) is 14.7. The zero-order valence-corrected chi connectivity index (χ0v) is 15.5. The Balaban J connectivity index is 2.11. The van der Waals surface area contributed by atoms with E-state index in [-0.39, 0.29) is 29.7 Å². The lowest BCUT2D eigenvalue weighted by molar-refractivity contribution is -0.119. The van der Waals surface area contributed by atoms with Gasteiger partial charge < -0.3 is 10.6 Å². The van der Waals surface area contributed by atoms with Gasteiger partial charge in [-0.15, -0.1) is 0 Å². The van der Waals surface area contributed by atoms with Gasteiger partial charge in [0.05, 0.1) is 4.90 Å². The fourth-order valence-corrected chi connectivity index (χ4v) is 4.26. The van der Waals surface area contributed by atoms with Gasteiger partial charge in [-0.1, -0.05) is 12.5 Å². The van der Waals surface area contributed by atoms with E-state index in [9.17, 15) is 18.0 Å². The number of anilines is 1. The van der Waals surface area contributed by atoms with E-state index >= 15 is 0 Å². The van der Waals surface area contributed by atoms with Crippen molar-refractivity contribution in [2.75, 3.05) is 25.0 Å². The van der Waals surface area contributed by atoms with Gasteiger partial charge in [0, 0.05) is 38.7 Å². The highest BCUT2D eigenvalue weighted by atomic mass is 32.2. The first-order valence-electron chi connectivity index (χ1n) is 8.46. The molecule has 0 radical (unpaired) electrons. The number of carbonyl (C=O) groups is 2. The molecule has 0 aromatic heterocycles. The minimum atomic E-state index is -3.54. The minimum absolute atomic E-state index is 0.127. The summed E-state index contributed by atoms with van der Waals surface area (Å²) in [7, 11) is -3.54. The van der Waals surface area contributed by atoms with Crippen LogP contribution in [0.3, 0.4) is 0 Å². The summed E-state index contributed by atoms with van der Waals surface area (Å²) in [5.41, 5.74) is 1.26. The van der Waals surface area contributed by atoms with Crippen molar-refractivity contribution in [3.05, 3.63) is 23.8 Å². The van der Waals surface area contributed by atoms with Crippen LogP contribution in [0.25, 0.3) is 0 Å². The predicted octanol–water partition coefficient (Wildman–Crippen LogP) is 1.63. The summed E-state index contributed by atoms with van der Waals surface area (Å²) in [6.45, 7) is 4.51. The average molecular weight is 367 g/mol. The summed E-state index contributed by atoms with van der Waals surface area (Å²) >= 11 is 0. The molecular weight excluding hydrogens is 342 g/mol. The molecule has 1 aromatic carbocycles. The largest absolute Gasteiger partial charge is 0.356 e. The van der Waals surface area contributed by atoms with Gasteiger partial charge in [0.25, 0.3) is 0 Å². The number of nitrogens with one attached hydrogen (secondary N) is 2. The fourth-order valence-electron chi connectivity index (χ4n) is 2.72. The summed E-state index contributed by atoms with van der Waals surface area (Å²) in [5, 5.41) is 5.28. The summed E-state index contributed by atoms with van der Waals surface area (Å²) in [6.07, 6.45) is 2.92. The van der Waals surface area contributed by atoms with Crippen molar-refractivity contribution in [2.45, 2.75) is 44.4 Å². The van der Waals surface area contributed by atoms with Crippen molar-refractivity contribution in [3.63, 3.8) is 0 Å². The van der Waals surface area contributed by atoms with E-state index in [0.29, 0.717) is 18.8 Å². The average Bonchev–Trinajstić information content (AvgIpc) is 2.57. The Morgan fingerprint density at radius 1 is 1.16 bits per heavy atom. The summed E-state index contributed by atoms with van der Waals surface area (Å²) in [4.78, 5) is 23.0. The zero-order chi connectivity index (χ0) is 18.4. The molecule has 2 amide bonds. The monoisotopic (exact) mass is 367 g/mol. The number of amides is 2. The molecule has 0 atom stereocenters. The SMILES string of the molecule is CC(=O)NCCC(=O)Nc1cc(S(=O)(=O)N2CCCCC2)ccc1C. The lowest BCUT2D eigenvalue weighted by atomic mass is 10.2. The van der Waals surface area contributed by atoms with Gasteiger partial charge in [-0.25, -0.2) is 8.42 Å². The topological polar surface area (TPSA) is 95.6 Å². The number of nitrogens with zero attached hydrogens (tertiary/aromatic N) is 1. The molecule has 1 aliphatic heterocycles. The molecule has 1 saturated heterocycles. The molecule has 0 aliphatic carbocycles. The molecule has 138 valence electrons. The Kier molecular flexibility index (Phi) is 6.55. The van der Waals surface area contributed by atoms with Crippen LogP contribution in [0.5, 0.6) is 0 Å². The number of carbonyl (C=O) groups excluding carboxylic acids is 2. The third kappa shape index (κ3) is 5.27. The van der Waals surface area contributed by atoms with E-state index in [1.165, 1.54) is 17.3 Å². The number of hydrogen-bond acceptors (Lipinski definition) is 4. The first-order chi connectivity index (χ1) is 11.8. The van der Waals surface area contributed by atoms with Crippen LogP contribution in [0.4, 0.5) is 5.69 Å². The van der Waals surface area contributed by atoms with E-state index in [4.69, 9.17) is 0 Å². The number of piperidine rings is 1. The van der Waals surface area contributed by atoms with E-state index in [2.05, 4.69) is 10.6 Å². The minimum Gasteiger partial charge on any atom is -0.356 e. The van der Waals surface area contributed by atoms with Crippen LogP contribution in [-0.2, 0) is 19.6 Å². The highest BCUT2D eigenvalue weighted by molar-refractivity contribution is 7.89. The Bertz CT molecular complexity index is 740. The van der Waals surface area contributed by atoms with Gasteiger partial charge in [0.15, 0.2) is 0 Å². The van der Waals surface area contributed by atoms with E-state index in [0.717, 1.165) is 24.8 Å². The molecule has 7 nitrogen and oxygen atoms in total. The molecule has 1 aromatic rings. The van der Waals surface area contributed by atoms with Crippen LogP contribution in [0.2, 0.25) is 0 Å². The van der Waals surface area contributed by atoms with Gasteiger partial charge in [-0.05, 0) is 37.5 Å². The first-order valence-corrected chi connectivity index (χ1v) is 9.90. The molecule has 0 bridgehead atoms. The highest BCUT2D eigenvalue weighted by Gasteiger charge is 2.26. The van der Waals surface area contributed by atoms with Crippen LogP contribution in [-0.4, -0.2) is 44.2 Å². The lowest BCUT2D eigenvalue weighted by Gasteiger charge is -2.26. The van der Waals surface area contributed by atoms with Crippen LogP contribution in [0.1, 0.15) is 38.2 Å². The summed E-state index contributed by atoms with van der Waals surface area (Å²) < 4.78 is 27.0. The molecule has 1 heterocycles. The molecule has 2 rings (SSSR count). The van der Waals surface area contributed by atoms with Crippen LogP contribution in [0.15, 0.2) is 23.1 Å². The van der Waals surface area contributed by atoms with E-state index in [1.807, 2.05) is 0 Å². The Labute approximate surface area is 148 Å². The Hall–Kier alpha value is -1.93. The second-order valence-electron chi connectivity index (χ2n) is 6.22. The van der Waals surface area contributed by atoms with Gasteiger partial charge in [-0.2, -0.15) is 4.31 Å². The van der Waals surface area contributed by atoms with Crippen LogP contribution >= 0.6 is 0 Å². The van der Waals surface area contributed by atoms with Crippen molar-refractivity contribution in [1.29, 1.82) is 0 Å². The Morgan fingerprint density at radius 3 is 2.48 bits per heavy atom. The third-order valence-corrected chi connectivity index (χ3v) is 6.06. The van der Waals surface area contributed by atoms with Crippen molar-refractivity contribution < 1.29 is 18.0 Å². The molecule has 0 spiro atoms. The van der Waals surface area contributed by atoms with E-state index < -0.39 is 10.0 Å². The van der Waals surface area contributed by atoms with Crippen molar-refractivity contribution >= 4 is 27.5 Å². The van der Waals surface area contributed by atoms with E-state index in [1.54, 1.807) is 19.1 Å². The van der Waals surface area contributed by atoms with Crippen LogP contribution in [0, 0.1) is 6.92 Å². The maximum atomic E-state index is 12.7. The van der Waals surface area contributed by atoms with Crippen molar-refractivity contribution in [3.8, 4) is 0 Å². The molecule has 25 heavy (non-hydrogen) atoms. The molecule has 1 fully saturated rings. The normalized spacial score (nSPS) is 15.6. The lowest BCUT2D eigenvalue weighted by Crippen LogP contribution is -2.35. The highest BCUT2D eigenvalue weighted by Crippen LogP contribution is 2.25. The quantitative estimate of drug-likeness (QED) is 0.799. The first kappa shape index (κ1) is 19.4. The number of hydrogen-bond donors (Lipinski definition) is 2. The molecule has 1 aliphatic rings. The predicted molar refractivity (Wildman–Crippen MR) is 95.7 cm³/mol. The van der Waals surface area contributed by atoms with Crippen LogP contribution < -0.4 is 10.6 Å². The van der Waals surface area contributed by atoms with Gasteiger partial charge in [-0.3, -0.25) is 9.59 Å². The van der Waals surface area contributed by atoms with Crippen molar-refractivity contribution in [2.24, 2.45) is 0 Å². The number of sulfonamides is 1.